The molecule has 1 heterocycles. The number of nitrogens with zero attached hydrogens (tertiary/aromatic N) is 1. The Labute approximate surface area is 130 Å². The van der Waals surface area contributed by atoms with Crippen molar-refractivity contribution in [1.82, 2.24) is 15.5 Å². The summed E-state index contributed by atoms with van der Waals surface area (Å²) in [5.41, 5.74) is 4.32. The molecule has 1 rings (SSSR count). The predicted octanol–water partition coefficient (Wildman–Crippen LogP) is -1.67. The molecule has 2 unspecified atom stereocenters. The molecule has 0 bridgehead atoms. The molecule has 0 aromatic rings. The number of aliphatic hydroxyl groups excluding tert-OH is 1. The Morgan fingerprint density at radius 3 is 2.23 bits per heavy atom. The summed E-state index contributed by atoms with van der Waals surface area (Å²) in [5.74, 6) is -1.11. The fourth-order valence-electron chi connectivity index (χ4n) is 2.66. The van der Waals surface area contributed by atoms with Crippen molar-refractivity contribution < 1.29 is 19.5 Å². The highest BCUT2D eigenvalue weighted by Gasteiger charge is 2.42. The molecule has 126 valence electrons. The van der Waals surface area contributed by atoms with Gasteiger partial charge in [0.15, 0.2) is 0 Å². The van der Waals surface area contributed by atoms with E-state index in [4.69, 9.17) is 5.73 Å². The van der Waals surface area contributed by atoms with E-state index in [1.54, 1.807) is 18.9 Å². The maximum atomic E-state index is 12.5. The number of hydrogen-bond acceptors (Lipinski definition) is 5. The van der Waals surface area contributed by atoms with Crippen LogP contribution in [-0.2, 0) is 14.4 Å². The fraction of sp³-hybridized carbons (Fsp3) is 0.786. The highest BCUT2D eigenvalue weighted by Crippen LogP contribution is 2.23. The normalized spacial score (nSPS) is 20.1. The van der Waals surface area contributed by atoms with E-state index in [-0.39, 0.29) is 11.8 Å². The summed E-state index contributed by atoms with van der Waals surface area (Å²) in [6, 6.07) is -1.13. The maximum Gasteiger partial charge on any atom is 0.242 e. The average molecular weight is 314 g/mol. The Bertz CT molecular complexity index is 431. The number of likely N-dealkylation sites (N-methyl/N-ethyl adjacent to an activating group) is 1. The Kier molecular flexibility index (Phi) is 6.31. The van der Waals surface area contributed by atoms with E-state index in [0.717, 1.165) is 0 Å². The predicted molar refractivity (Wildman–Crippen MR) is 80.7 cm³/mol. The van der Waals surface area contributed by atoms with Crippen LogP contribution < -0.4 is 16.4 Å². The summed E-state index contributed by atoms with van der Waals surface area (Å²) in [6.45, 7) is 4.13. The Morgan fingerprint density at radius 1 is 1.32 bits per heavy atom. The number of carbonyl (C=O) groups excluding carboxylic acids is 3. The van der Waals surface area contributed by atoms with Crippen LogP contribution in [0, 0.1) is 0 Å². The van der Waals surface area contributed by atoms with Crippen molar-refractivity contribution in [3.63, 3.8) is 0 Å². The van der Waals surface area contributed by atoms with Crippen molar-refractivity contribution in [2.24, 2.45) is 5.73 Å². The fourth-order valence-corrected chi connectivity index (χ4v) is 2.66. The van der Waals surface area contributed by atoms with Gasteiger partial charge in [0.2, 0.25) is 17.7 Å². The number of carbonyl (C=O) groups is 3. The number of amides is 3. The zero-order valence-electron chi connectivity index (χ0n) is 13.4. The van der Waals surface area contributed by atoms with Gasteiger partial charge in [0, 0.05) is 19.5 Å². The molecule has 1 aliphatic rings. The number of nitrogens with one attached hydrogen (secondary N) is 2. The second kappa shape index (κ2) is 7.55. The quantitative estimate of drug-likeness (QED) is 0.466. The van der Waals surface area contributed by atoms with Crippen molar-refractivity contribution in [2.45, 2.75) is 50.8 Å². The average Bonchev–Trinajstić information content (AvgIpc) is 2.50. The third kappa shape index (κ3) is 3.95. The number of hydrogen-bond donors (Lipinski definition) is 4. The summed E-state index contributed by atoms with van der Waals surface area (Å²) < 4.78 is 0. The molecule has 1 aliphatic heterocycles. The molecule has 0 saturated carbocycles. The summed E-state index contributed by atoms with van der Waals surface area (Å²) in [5, 5.41) is 15.0. The first-order valence-electron chi connectivity index (χ1n) is 7.52. The number of nitrogens with two attached hydrogens (primary N) is 1. The third-order valence-corrected chi connectivity index (χ3v) is 4.26. The molecule has 1 saturated heterocycles. The smallest absolute Gasteiger partial charge is 0.242 e. The molecule has 0 radical (unpaired) electrons. The monoisotopic (exact) mass is 314 g/mol. The molecule has 1 fully saturated rings. The first-order chi connectivity index (χ1) is 10.3. The molecule has 8 nitrogen and oxygen atoms in total. The number of primary amides is 1. The first-order valence-corrected chi connectivity index (χ1v) is 7.52. The molecule has 22 heavy (non-hydrogen) atoms. The van der Waals surface area contributed by atoms with Gasteiger partial charge in [-0.05, 0) is 26.8 Å². The van der Waals surface area contributed by atoms with E-state index in [2.05, 4.69) is 10.6 Å². The standard InChI is InChI=1S/C14H26N4O4/c1-4-10(20)18-7-5-14(16-3,6-8-18)13(22)17-11(9(2)19)12(15)21/h9,11,16,19H,4-8H2,1-3H3,(H2,15,21)(H,17,22). The van der Waals surface area contributed by atoms with E-state index >= 15 is 0 Å². The van der Waals surface area contributed by atoms with Gasteiger partial charge >= 0.3 is 0 Å². The van der Waals surface area contributed by atoms with E-state index in [9.17, 15) is 19.5 Å². The Morgan fingerprint density at radius 2 is 1.86 bits per heavy atom. The van der Waals surface area contributed by atoms with Crippen LogP contribution in [0.5, 0.6) is 0 Å². The number of rotatable bonds is 6. The molecule has 0 aliphatic carbocycles. The number of piperidine rings is 1. The second-order valence-corrected chi connectivity index (χ2v) is 5.66. The minimum absolute atomic E-state index is 0.0594. The molecule has 0 aromatic heterocycles. The highest BCUT2D eigenvalue weighted by atomic mass is 16.3. The first kappa shape index (κ1) is 18.4. The lowest BCUT2D eigenvalue weighted by Crippen LogP contribution is -2.64. The van der Waals surface area contributed by atoms with Crippen LogP contribution in [0.3, 0.4) is 0 Å². The zero-order chi connectivity index (χ0) is 16.9. The molecule has 0 spiro atoms. The van der Waals surface area contributed by atoms with E-state index in [0.29, 0.717) is 32.4 Å². The van der Waals surface area contributed by atoms with Gasteiger partial charge in [-0.25, -0.2) is 0 Å². The van der Waals surface area contributed by atoms with E-state index in [1.165, 1.54) is 6.92 Å². The van der Waals surface area contributed by atoms with E-state index < -0.39 is 23.6 Å². The lowest BCUT2D eigenvalue weighted by Gasteiger charge is -2.41. The molecule has 2 atom stereocenters. The van der Waals surface area contributed by atoms with Gasteiger partial charge < -0.3 is 26.4 Å². The van der Waals surface area contributed by atoms with Crippen molar-refractivity contribution in [1.29, 1.82) is 0 Å². The van der Waals surface area contributed by atoms with Crippen LogP contribution in [0.4, 0.5) is 0 Å². The van der Waals surface area contributed by atoms with E-state index in [1.807, 2.05) is 0 Å². The number of likely N-dealkylation sites (tertiary alicyclic amines) is 1. The van der Waals surface area contributed by atoms with Gasteiger partial charge in [0.25, 0.3) is 0 Å². The molecular formula is C14H26N4O4. The van der Waals surface area contributed by atoms with Crippen LogP contribution in [0.25, 0.3) is 0 Å². The summed E-state index contributed by atoms with van der Waals surface area (Å²) >= 11 is 0. The van der Waals surface area contributed by atoms with Crippen molar-refractivity contribution in [3.8, 4) is 0 Å². The van der Waals surface area contributed by atoms with Gasteiger partial charge in [-0.1, -0.05) is 6.92 Å². The number of aliphatic hydroxyl groups is 1. The van der Waals surface area contributed by atoms with Crippen molar-refractivity contribution >= 4 is 17.7 Å². The topological polar surface area (TPSA) is 125 Å². The SMILES string of the molecule is CCC(=O)N1CCC(NC)(C(=O)NC(C(N)=O)C(C)O)CC1. The molecule has 8 heteroatoms. The summed E-state index contributed by atoms with van der Waals surface area (Å²) in [4.78, 5) is 37.3. The van der Waals surface area contributed by atoms with Gasteiger partial charge in [-0.2, -0.15) is 0 Å². The molecule has 3 amide bonds. The van der Waals surface area contributed by atoms with Crippen LogP contribution >= 0.6 is 0 Å². The van der Waals surface area contributed by atoms with Crippen LogP contribution in [0.2, 0.25) is 0 Å². The van der Waals surface area contributed by atoms with Gasteiger partial charge in [0.1, 0.15) is 11.6 Å². The lowest BCUT2D eigenvalue weighted by atomic mass is 9.86. The largest absolute Gasteiger partial charge is 0.391 e. The van der Waals surface area contributed by atoms with Crippen molar-refractivity contribution in [3.05, 3.63) is 0 Å². The molecule has 0 aromatic carbocycles. The second-order valence-electron chi connectivity index (χ2n) is 5.66. The minimum Gasteiger partial charge on any atom is -0.391 e. The van der Waals surface area contributed by atoms with Gasteiger partial charge in [-0.15, -0.1) is 0 Å². The Hall–Kier alpha value is -1.67. The maximum absolute atomic E-state index is 12.5. The zero-order valence-corrected chi connectivity index (χ0v) is 13.4. The Balaban J connectivity index is 2.77. The van der Waals surface area contributed by atoms with Gasteiger partial charge in [-0.3, -0.25) is 14.4 Å². The molecular weight excluding hydrogens is 288 g/mol. The molecule has 5 N–H and O–H groups in total. The van der Waals surface area contributed by atoms with Crippen molar-refractivity contribution in [2.75, 3.05) is 20.1 Å². The third-order valence-electron chi connectivity index (χ3n) is 4.26. The highest BCUT2D eigenvalue weighted by molar-refractivity contribution is 5.92. The van der Waals surface area contributed by atoms with Crippen LogP contribution in [0.1, 0.15) is 33.1 Å². The van der Waals surface area contributed by atoms with Gasteiger partial charge in [0.05, 0.1) is 6.10 Å². The van der Waals surface area contributed by atoms with Crippen LogP contribution in [-0.4, -0.2) is 65.5 Å². The lowest BCUT2D eigenvalue weighted by molar-refractivity contribution is -0.139. The van der Waals surface area contributed by atoms with Crippen LogP contribution in [0.15, 0.2) is 0 Å². The summed E-state index contributed by atoms with van der Waals surface area (Å²) in [7, 11) is 1.67. The minimum atomic E-state index is -1.13. The summed E-state index contributed by atoms with van der Waals surface area (Å²) in [6.07, 6.45) is 0.237.